The SMILES string of the molecule is C=C1NC(N)=Nc2c1ncn2[C@@H](C)OC(F)(CC)CC[PH](=C)C[PH](=C)O[PH](=C)C. The number of nitrogens with one attached hydrogen (secondary N) is 1. The maximum Gasteiger partial charge on any atom is 0.211 e. The Morgan fingerprint density at radius 2 is 2.10 bits per heavy atom. The quantitative estimate of drug-likeness (QED) is 0.488. The zero-order valence-corrected chi connectivity index (χ0v) is 20.4. The number of guanidine groups is 1. The molecular formula is C18H33FN5O2P3. The summed E-state index contributed by atoms with van der Waals surface area (Å²) in [6.07, 6.45) is 14.4. The summed E-state index contributed by atoms with van der Waals surface area (Å²) in [4.78, 5) is 8.55. The lowest BCUT2D eigenvalue weighted by Crippen LogP contribution is -2.33. The summed E-state index contributed by atoms with van der Waals surface area (Å²) in [5.74, 6) is -0.175. The number of rotatable bonds is 11. The first-order chi connectivity index (χ1) is 13.5. The Morgan fingerprint density at radius 3 is 2.72 bits per heavy atom. The van der Waals surface area contributed by atoms with Crippen LogP contribution in [0, 0.1) is 0 Å². The van der Waals surface area contributed by atoms with Crippen molar-refractivity contribution in [3.63, 3.8) is 0 Å². The Kier molecular flexibility index (Phi) is 8.63. The van der Waals surface area contributed by atoms with Gasteiger partial charge in [0.1, 0.15) is 11.9 Å². The molecule has 1 aliphatic heterocycles. The van der Waals surface area contributed by atoms with Crippen molar-refractivity contribution in [2.24, 2.45) is 10.7 Å². The molecule has 0 saturated heterocycles. The van der Waals surface area contributed by atoms with Gasteiger partial charge in [-0.1, -0.05) is 26.1 Å². The van der Waals surface area contributed by atoms with Gasteiger partial charge in [0, 0.05) is 18.7 Å². The fourth-order valence-electron chi connectivity index (χ4n) is 2.99. The first-order valence-corrected chi connectivity index (χ1v) is 15.5. The second kappa shape index (κ2) is 10.3. The third-order valence-corrected chi connectivity index (χ3v) is 11.6. The van der Waals surface area contributed by atoms with Crippen molar-refractivity contribution in [3.05, 3.63) is 18.6 Å². The minimum Gasteiger partial charge on any atom is -0.369 e. The molecule has 29 heavy (non-hydrogen) atoms. The predicted molar refractivity (Wildman–Crippen MR) is 133 cm³/mol. The first-order valence-electron chi connectivity index (χ1n) is 9.46. The molecule has 1 aromatic rings. The molecule has 7 nitrogen and oxygen atoms in total. The molecule has 4 unspecified atom stereocenters. The van der Waals surface area contributed by atoms with E-state index in [1.807, 2.05) is 6.66 Å². The fraction of sp³-hybridized carbons (Fsp3) is 0.500. The molecule has 1 aliphatic rings. The molecule has 3 N–H and O–H groups in total. The molecule has 0 amide bonds. The van der Waals surface area contributed by atoms with Gasteiger partial charge < -0.3 is 20.1 Å². The number of nitrogens with zero attached hydrogens (tertiary/aromatic N) is 3. The molecule has 0 saturated carbocycles. The number of imidazole rings is 1. The number of halogens is 1. The van der Waals surface area contributed by atoms with E-state index in [0.717, 1.165) is 5.90 Å². The van der Waals surface area contributed by atoms with Crippen molar-refractivity contribution < 1.29 is 13.4 Å². The molecule has 0 radical (unpaired) electrons. The first kappa shape index (κ1) is 24.2. The lowest BCUT2D eigenvalue weighted by atomic mass is 10.2. The van der Waals surface area contributed by atoms with Gasteiger partial charge in [-0.25, -0.2) is 9.37 Å². The van der Waals surface area contributed by atoms with Gasteiger partial charge in [-0.15, -0.1) is 13.8 Å². The van der Waals surface area contributed by atoms with Gasteiger partial charge in [0.2, 0.25) is 5.85 Å². The van der Waals surface area contributed by atoms with E-state index in [2.05, 4.69) is 40.8 Å². The number of ether oxygens (including phenoxy) is 1. The second-order valence-corrected chi connectivity index (χ2v) is 13.9. The molecule has 0 aromatic carbocycles. The molecule has 5 atom stereocenters. The van der Waals surface area contributed by atoms with Crippen molar-refractivity contribution in [1.29, 1.82) is 0 Å². The normalized spacial score (nSPS) is 20.0. The van der Waals surface area contributed by atoms with Crippen LogP contribution in [0.25, 0.3) is 5.70 Å². The summed E-state index contributed by atoms with van der Waals surface area (Å²) >= 11 is 0. The molecule has 0 spiro atoms. The topological polar surface area (TPSA) is 86.7 Å². The highest BCUT2D eigenvalue weighted by molar-refractivity contribution is 7.73. The maximum atomic E-state index is 15.5. The van der Waals surface area contributed by atoms with Crippen molar-refractivity contribution >= 4 is 59.5 Å². The minimum absolute atomic E-state index is 0.217. The van der Waals surface area contributed by atoms with Crippen molar-refractivity contribution in [3.8, 4) is 0 Å². The lowest BCUT2D eigenvalue weighted by Gasteiger charge is -2.30. The summed E-state index contributed by atoms with van der Waals surface area (Å²) in [7, 11) is -3.13. The van der Waals surface area contributed by atoms with Crippen LogP contribution in [-0.4, -0.2) is 59.0 Å². The Hall–Kier alpha value is -1.03. The van der Waals surface area contributed by atoms with E-state index in [1.54, 1.807) is 24.7 Å². The van der Waals surface area contributed by atoms with E-state index in [9.17, 15) is 0 Å². The van der Waals surface area contributed by atoms with Crippen LogP contribution in [0.3, 0.4) is 0 Å². The summed E-state index contributed by atoms with van der Waals surface area (Å²) in [6, 6.07) is 0. The number of fused-ring (bicyclic) bond motifs is 1. The van der Waals surface area contributed by atoms with E-state index >= 15 is 4.39 Å². The van der Waals surface area contributed by atoms with Crippen molar-refractivity contribution in [1.82, 2.24) is 14.9 Å². The van der Waals surface area contributed by atoms with Crippen LogP contribution in [0.1, 0.15) is 38.6 Å². The molecule has 0 bridgehead atoms. The van der Waals surface area contributed by atoms with Gasteiger partial charge in [-0.2, -0.15) is 4.99 Å². The highest BCUT2D eigenvalue weighted by atomic mass is 31.2. The zero-order valence-electron chi connectivity index (χ0n) is 17.4. The van der Waals surface area contributed by atoms with Gasteiger partial charge in [0.15, 0.2) is 11.8 Å². The van der Waals surface area contributed by atoms with Crippen molar-refractivity contribution in [2.75, 3.05) is 18.7 Å². The highest BCUT2D eigenvalue weighted by Crippen LogP contribution is 2.43. The predicted octanol–water partition coefficient (Wildman–Crippen LogP) is 3.78. The third kappa shape index (κ3) is 6.73. The van der Waals surface area contributed by atoms with Crippen LogP contribution in [0.4, 0.5) is 10.2 Å². The second-order valence-electron chi connectivity index (χ2n) is 7.15. The van der Waals surface area contributed by atoms with E-state index in [-0.39, 0.29) is 18.8 Å². The molecular weight excluding hydrogens is 430 g/mol. The van der Waals surface area contributed by atoms with Crippen LogP contribution in [0.5, 0.6) is 0 Å². The maximum absolute atomic E-state index is 15.5. The standard InChI is InChI=1S/C18H33FN5O2P3/c1-8-18(19,9-10-28(6)12-29(7)26-27(4)5)25-14(3)24-11-21-15-13(2)22-17(20)23-16(15)24/h11,14,27-29H,2,4,6-10,12H2,1,3,5H3,(H3,20,22,23)/t14-,18?/m1/s1. The minimum atomic E-state index is -1.76. The zero-order chi connectivity index (χ0) is 21.8. The Morgan fingerprint density at radius 1 is 1.41 bits per heavy atom. The molecule has 0 aliphatic carbocycles. The van der Waals surface area contributed by atoms with Gasteiger partial charge in [-0.3, -0.25) is 4.57 Å². The van der Waals surface area contributed by atoms with E-state index in [0.29, 0.717) is 23.4 Å². The van der Waals surface area contributed by atoms with Crippen LogP contribution in [0.2, 0.25) is 0 Å². The number of alkyl halides is 1. The average molecular weight is 463 g/mol. The number of aliphatic imine (C=N–C) groups is 1. The Balaban J connectivity index is 2.02. The van der Waals surface area contributed by atoms with Gasteiger partial charge in [0.05, 0.1) is 12.0 Å². The average Bonchev–Trinajstić information content (AvgIpc) is 3.03. The molecule has 0 fully saturated rings. The van der Waals surface area contributed by atoms with Crippen molar-refractivity contribution in [2.45, 2.75) is 38.8 Å². The fourth-order valence-corrected chi connectivity index (χ4v) is 9.57. The Labute approximate surface area is 174 Å². The largest absolute Gasteiger partial charge is 0.369 e. The molecule has 2 heterocycles. The van der Waals surface area contributed by atoms with E-state index < -0.39 is 35.2 Å². The van der Waals surface area contributed by atoms with Gasteiger partial charge >= 0.3 is 0 Å². The molecule has 11 heteroatoms. The molecule has 1 aromatic heterocycles. The Bertz CT molecular complexity index is 870. The third-order valence-electron chi connectivity index (χ3n) is 4.48. The van der Waals surface area contributed by atoms with Gasteiger partial charge in [0.25, 0.3) is 0 Å². The number of hydrogen-bond donors (Lipinski definition) is 2. The van der Waals surface area contributed by atoms with Crippen LogP contribution >= 0.6 is 23.1 Å². The summed E-state index contributed by atoms with van der Waals surface area (Å²) in [5.41, 5.74) is 6.90. The number of aromatic nitrogens is 2. The van der Waals surface area contributed by atoms with Gasteiger partial charge in [-0.05, 0) is 35.3 Å². The van der Waals surface area contributed by atoms with E-state index in [4.69, 9.17) is 14.8 Å². The molecule has 164 valence electrons. The van der Waals surface area contributed by atoms with Crippen LogP contribution < -0.4 is 11.1 Å². The van der Waals surface area contributed by atoms with Crippen LogP contribution in [0.15, 0.2) is 17.9 Å². The van der Waals surface area contributed by atoms with Crippen LogP contribution in [-0.2, 0) is 9.05 Å². The molecule has 2 rings (SSSR count). The summed E-state index contributed by atoms with van der Waals surface area (Å²) < 4.78 is 28.7. The van der Waals surface area contributed by atoms with E-state index in [1.165, 1.54) is 0 Å². The summed E-state index contributed by atoms with van der Waals surface area (Å²) in [6.45, 7) is 9.42. The lowest BCUT2D eigenvalue weighted by molar-refractivity contribution is -0.198. The number of nitrogens with two attached hydrogens (primary N) is 1. The monoisotopic (exact) mass is 463 g/mol. The highest BCUT2D eigenvalue weighted by Gasteiger charge is 2.32. The smallest absolute Gasteiger partial charge is 0.211 e. The summed E-state index contributed by atoms with van der Waals surface area (Å²) in [5, 5.41) is 2.83. The number of hydrogen-bond acceptors (Lipinski definition) is 6.